The average Bonchev–Trinajstić information content (AvgIpc) is 3.10. The zero-order valence-corrected chi connectivity index (χ0v) is 14.0. The third-order valence-corrected chi connectivity index (χ3v) is 4.24. The molecule has 1 aromatic carbocycles. The molecule has 1 heterocycles. The van der Waals surface area contributed by atoms with Gasteiger partial charge in [-0.3, -0.25) is 4.99 Å². The van der Waals surface area contributed by atoms with E-state index in [-0.39, 0.29) is 0 Å². The van der Waals surface area contributed by atoms with Crippen molar-refractivity contribution in [3.63, 3.8) is 0 Å². The van der Waals surface area contributed by atoms with E-state index in [2.05, 4.69) is 39.4 Å². The number of benzene rings is 1. The molecule has 2 N–H and O–H groups in total. The largest absolute Gasteiger partial charge is 0.356 e. The normalized spacial score (nSPS) is 12.5. The molecule has 0 radical (unpaired) electrons. The number of nitriles is 1. The monoisotopic (exact) mass is 330 g/mol. The van der Waals surface area contributed by atoms with Crippen LogP contribution < -0.4 is 10.6 Å². The van der Waals surface area contributed by atoms with Crippen LogP contribution in [0.3, 0.4) is 0 Å². The lowest BCUT2D eigenvalue weighted by molar-refractivity contribution is 0.603. The molecule has 6 heteroatoms. The first kappa shape index (κ1) is 17.0. The Kier molecular flexibility index (Phi) is 6.12. The molecule has 0 spiro atoms. The molecule has 1 atom stereocenters. The Morgan fingerprint density at radius 3 is 2.83 bits per heavy atom. The Morgan fingerprint density at radius 1 is 1.39 bits per heavy atom. The Labute approximate surface area is 139 Å². The van der Waals surface area contributed by atoms with Crippen LogP contribution >= 0.6 is 11.3 Å². The molecule has 1 aromatic heterocycles. The summed E-state index contributed by atoms with van der Waals surface area (Å²) in [6.45, 7) is 3.19. The molecule has 4 nitrogen and oxygen atoms in total. The maximum absolute atomic E-state index is 13.8. The van der Waals surface area contributed by atoms with E-state index < -0.39 is 5.82 Å². The number of aliphatic imine (C=N–C) groups is 1. The SMILES string of the molecule is CN=C(NCc1ccc(C#N)cc1F)NCC(C)c1ccsc1. The summed E-state index contributed by atoms with van der Waals surface area (Å²) < 4.78 is 13.8. The molecule has 0 saturated carbocycles. The molecule has 23 heavy (non-hydrogen) atoms. The van der Waals surface area contributed by atoms with Gasteiger partial charge in [0.2, 0.25) is 0 Å². The van der Waals surface area contributed by atoms with Gasteiger partial charge in [0, 0.05) is 25.7 Å². The molecule has 0 bridgehead atoms. The molecule has 2 aromatic rings. The van der Waals surface area contributed by atoms with Crippen LogP contribution in [-0.2, 0) is 6.54 Å². The molecule has 0 aliphatic rings. The molecular weight excluding hydrogens is 311 g/mol. The van der Waals surface area contributed by atoms with Crippen molar-refractivity contribution in [1.29, 1.82) is 5.26 Å². The fourth-order valence-corrected chi connectivity index (χ4v) is 2.87. The van der Waals surface area contributed by atoms with Gasteiger partial charge in [0.05, 0.1) is 11.6 Å². The van der Waals surface area contributed by atoms with Gasteiger partial charge in [-0.1, -0.05) is 13.0 Å². The third kappa shape index (κ3) is 4.80. The molecular formula is C17H19FN4S. The van der Waals surface area contributed by atoms with Crippen molar-refractivity contribution in [1.82, 2.24) is 10.6 Å². The van der Waals surface area contributed by atoms with Crippen LogP contribution in [0.15, 0.2) is 40.0 Å². The zero-order valence-electron chi connectivity index (χ0n) is 13.1. The highest BCUT2D eigenvalue weighted by Crippen LogP contribution is 2.17. The van der Waals surface area contributed by atoms with Gasteiger partial charge in [0.1, 0.15) is 5.82 Å². The summed E-state index contributed by atoms with van der Waals surface area (Å²) in [7, 11) is 1.68. The second kappa shape index (κ2) is 8.30. The van der Waals surface area contributed by atoms with Crippen molar-refractivity contribution in [2.75, 3.05) is 13.6 Å². The van der Waals surface area contributed by atoms with E-state index >= 15 is 0 Å². The summed E-state index contributed by atoms with van der Waals surface area (Å²) in [5.74, 6) is 0.598. The average molecular weight is 330 g/mol. The molecule has 120 valence electrons. The maximum atomic E-state index is 13.8. The van der Waals surface area contributed by atoms with Gasteiger partial charge in [-0.2, -0.15) is 16.6 Å². The lowest BCUT2D eigenvalue weighted by Gasteiger charge is -2.15. The summed E-state index contributed by atoms with van der Waals surface area (Å²) in [4.78, 5) is 4.14. The minimum absolute atomic E-state index is 0.310. The second-order valence-electron chi connectivity index (χ2n) is 5.18. The minimum Gasteiger partial charge on any atom is -0.356 e. The summed E-state index contributed by atoms with van der Waals surface area (Å²) in [6.07, 6.45) is 0. The van der Waals surface area contributed by atoms with Crippen molar-refractivity contribution in [3.8, 4) is 6.07 Å². The first-order valence-electron chi connectivity index (χ1n) is 7.29. The number of nitrogens with one attached hydrogen (secondary N) is 2. The number of thiophene rings is 1. The van der Waals surface area contributed by atoms with Gasteiger partial charge in [-0.15, -0.1) is 0 Å². The highest BCUT2D eigenvalue weighted by atomic mass is 32.1. The van der Waals surface area contributed by atoms with Crippen molar-refractivity contribution < 1.29 is 4.39 Å². The van der Waals surface area contributed by atoms with E-state index in [1.807, 2.05) is 6.07 Å². The highest BCUT2D eigenvalue weighted by Gasteiger charge is 2.08. The molecule has 2 rings (SSSR count). The van der Waals surface area contributed by atoms with Gasteiger partial charge in [-0.05, 0) is 40.4 Å². The van der Waals surface area contributed by atoms with Crippen LogP contribution in [-0.4, -0.2) is 19.6 Å². The number of guanidine groups is 1. The summed E-state index contributed by atoms with van der Waals surface area (Å²) >= 11 is 1.68. The van der Waals surface area contributed by atoms with Crippen LogP contribution in [0.5, 0.6) is 0 Å². The molecule has 0 fully saturated rings. The predicted octanol–water partition coefficient (Wildman–Crippen LogP) is 3.23. The van der Waals surface area contributed by atoms with Crippen molar-refractivity contribution in [3.05, 3.63) is 57.5 Å². The van der Waals surface area contributed by atoms with Gasteiger partial charge in [0.15, 0.2) is 5.96 Å². The fraction of sp³-hybridized carbons (Fsp3) is 0.294. The quantitative estimate of drug-likeness (QED) is 0.654. The summed E-state index contributed by atoms with van der Waals surface area (Å²) in [5, 5.41) is 19.3. The van der Waals surface area contributed by atoms with E-state index in [4.69, 9.17) is 5.26 Å². The highest BCUT2D eigenvalue weighted by molar-refractivity contribution is 7.07. The standard InChI is InChI=1S/C17H19FN4S/c1-12(15-5-6-23-11-15)9-21-17(20-2)22-10-14-4-3-13(8-19)7-16(14)18/h3-7,11-12H,9-10H2,1-2H3,(H2,20,21,22). The number of hydrogen-bond acceptors (Lipinski definition) is 3. The number of hydrogen-bond donors (Lipinski definition) is 2. The van der Waals surface area contributed by atoms with E-state index in [9.17, 15) is 4.39 Å². The summed E-state index contributed by atoms with van der Waals surface area (Å²) in [5.41, 5.74) is 2.10. The Balaban J connectivity index is 1.87. The van der Waals surface area contributed by atoms with Crippen molar-refractivity contribution in [2.45, 2.75) is 19.4 Å². The lowest BCUT2D eigenvalue weighted by Crippen LogP contribution is -2.38. The summed E-state index contributed by atoms with van der Waals surface area (Å²) in [6, 6.07) is 8.49. The van der Waals surface area contributed by atoms with E-state index in [1.165, 1.54) is 11.6 Å². The topological polar surface area (TPSA) is 60.2 Å². The van der Waals surface area contributed by atoms with Crippen molar-refractivity contribution in [2.24, 2.45) is 4.99 Å². The molecule has 0 saturated heterocycles. The Hall–Kier alpha value is -2.39. The third-order valence-electron chi connectivity index (χ3n) is 3.54. The maximum Gasteiger partial charge on any atom is 0.191 e. The smallest absolute Gasteiger partial charge is 0.191 e. The fourth-order valence-electron chi connectivity index (χ4n) is 2.08. The minimum atomic E-state index is -0.390. The van der Waals surface area contributed by atoms with Crippen LogP contribution in [0.1, 0.15) is 29.5 Å². The van der Waals surface area contributed by atoms with E-state index in [0.29, 0.717) is 29.5 Å². The first-order chi connectivity index (χ1) is 11.1. The van der Waals surface area contributed by atoms with Crippen LogP contribution in [0, 0.1) is 17.1 Å². The van der Waals surface area contributed by atoms with Crippen LogP contribution in [0.25, 0.3) is 0 Å². The zero-order chi connectivity index (χ0) is 16.7. The number of halogens is 1. The second-order valence-corrected chi connectivity index (χ2v) is 5.96. The van der Waals surface area contributed by atoms with E-state index in [0.717, 1.165) is 6.54 Å². The lowest BCUT2D eigenvalue weighted by atomic mass is 10.1. The van der Waals surface area contributed by atoms with Crippen molar-refractivity contribution >= 4 is 17.3 Å². The Bertz CT molecular complexity index is 704. The number of rotatable bonds is 5. The Morgan fingerprint density at radius 2 is 2.22 bits per heavy atom. The van der Waals surface area contributed by atoms with Gasteiger partial charge >= 0.3 is 0 Å². The first-order valence-corrected chi connectivity index (χ1v) is 8.23. The van der Waals surface area contributed by atoms with Crippen LogP contribution in [0.4, 0.5) is 4.39 Å². The molecule has 0 aliphatic carbocycles. The van der Waals surface area contributed by atoms with Gasteiger partial charge < -0.3 is 10.6 Å². The molecule has 0 aliphatic heterocycles. The number of nitrogens with zero attached hydrogens (tertiary/aromatic N) is 2. The van der Waals surface area contributed by atoms with Gasteiger partial charge in [-0.25, -0.2) is 4.39 Å². The van der Waals surface area contributed by atoms with Gasteiger partial charge in [0.25, 0.3) is 0 Å². The van der Waals surface area contributed by atoms with E-state index in [1.54, 1.807) is 30.5 Å². The molecule has 1 unspecified atom stereocenters. The predicted molar refractivity (Wildman–Crippen MR) is 92.1 cm³/mol. The van der Waals surface area contributed by atoms with Crippen LogP contribution in [0.2, 0.25) is 0 Å². The molecule has 0 amide bonds.